The molecule has 0 fully saturated rings. The van der Waals surface area contributed by atoms with Crippen LogP contribution >= 0.6 is 0 Å². The molecule has 144 valence electrons. The van der Waals surface area contributed by atoms with Crippen LogP contribution in [0.3, 0.4) is 0 Å². The topological polar surface area (TPSA) is 103 Å². The number of amides is 2. The normalized spacial score (nSPS) is 13.7. The van der Waals surface area contributed by atoms with Crippen molar-refractivity contribution in [1.29, 1.82) is 0 Å². The smallest absolute Gasteiger partial charge is 0.408 e. The van der Waals surface area contributed by atoms with Gasteiger partial charge in [0.05, 0.1) is 14.2 Å². The van der Waals surface area contributed by atoms with E-state index >= 15 is 0 Å². The van der Waals surface area contributed by atoms with Crippen LogP contribution in [0.5, 0.6) is 5.75 Å². The van der Waals surface area contributed by atoms with Crippen molar-refractivity contribution in [3.8, 4) is 5.75 Å². The minimum Gasteiger partial charge on any atom is -0.497 e. The summed E-state index contributed by atoms with van der Waals surface area (Å²) in [6.07, 6.45) is -0.365. The molecule has 0 saturated heterocycles. The van der Waals surface area contributed by atoms with Crippen molar-refractivity contribution in [3.05, 3.63) is 29.8 Å². The summed E-state index contributed by atoms with van der Waals surface area (Å²) in [5.41, 5.74) is 0.515. The van der Waals surface area contributed by atoms with Gasteiger partial charge >= 0.3 is 12.1 Å². The predicted molar refractivity (Wildman–Crippen MR) is 94.7 cm³/mol. The fraction of sp³-hybridized carbons (Fsp3) is 0.500. The average Bonchev–Trinajstić information content (AvgIpc) is 2.65. The van der Waals surface area contributed by atoms with Crippen LogP contribution in [0.1, 0.15) is 38.8 Å². The molecule has 0 heterocycles. The van der Waals surface area contributed by atoms with Gasteiger partial charge in [0.1, 0.15) is 23.9 Å². The van der Waals surface area contributed by atoms with E-state index in [1.165, 1.54) is 21.1 Å². The molecule has 1 aromatic carbocycles. The molecule has 0 aliphatic rings. The maximum atomic E-state index is 12.6. The third-order valence-electron chi connectivity index (χ3n) is 3.77. The lowest BCUT2D eigenvalue weighted by Crippen LogP contribution is -2.46. The summed E-state index contributed by atoms with van der Waals surface area (Å²) in [4.78, 5) is 36.2. The van der Waals surface area contributed by atoms with Gasteiger partial charge < -0.3 is 24.8 Å². The zero-order valence-corrected chi connectivity index (χ0v) is 15.7. The van der Waals surface area contributed by atoms with E-state index in [0.717, 1.165) is 0 Å². The Hall–Kier alpha value is -2.77. The first kappa shape index (κ1) is 21.3. The largest absolute Gasteiger partial charge is 0.497 e. The van der Waals surface area contributed by atoms with Crippen LogP contribution in [0.25, 0.3) is 0 Å². The molecular weight excluding hydrogens is 340 g/mol. The van der Waals surface area contributed by atoms with Gasteiger partial charge in [0.25, 0.3) is 0 Å². The number of hydrogen-bond donors (Lipinski definition) is 2. The van der Waals surface area contributed by atoms with Gasteiger partial charge in [0.2, 0.25) is 5.91 Å². The Kier molecular flexibility index (Phi) is 8.41. The van der Waals surface area contributed by atoms with Gasteiger partial charge in [-0.1, -0.05) is 19.1 Å². The SMILES string of the molecule is CCC(C)OC(=O)N[C@H](C(=O)N[C@@H](C)C(=O)OC)c1ccc(OC)cc1. The number of hydrogen-bond acceptors (Lipinski definition) is 6. The van der Waals surface area contributed by atoms with E-state index in [-0.39, 0.29) is 6.10 Å². The second kappa shape index (κ2) is 10.3. The highest BCUT2D eigenvalue weighted by atomic mass is 16.6. The van der Waals surface area contributed by atoms with Crippen LogP contribution in [-0.2, 0) is 19.1 Å². The molecular formula is C18H26N2O6. The van der Waals surface area contributed by atoms with Gasteiger partial charge in [0, 0.05) is 0 Å². The first-order valence-electron chi connectivity index (χ1n) is 8.31. The molecule has 0 bridgehead atoms. The maximum absolute atomic E-state index is 12.6. The van der Waals surface area contributed by atoms with Crippen molar-refractivity contribution >= 4 is 18.0 Å². The van der Waals surface area contributed by atoms with Crippen molar-refractivity contribution in [1.82, 2.24) is 10.6 Å². The lowest BCUT2D eigenvalue weighted by atomic mass is 10.1. The Balaban J connectivity index is 2.97. The van der Waals surface area contributed by atoms with Crippen molar-refractivity contribution in [2.75, 3.05) is 14.2 Å². The third-order valence-corrected chi connectivity index (χ3v) is 3.77. The molecule has 0 spiro atoms. The van der Waals surface area contributed by atoms with Gasteiger partial charge in [-0.3, -0.25) is 4.79 Å². The molecule has 0 aliphatic heterocycles. The van der Waals surface area contributed by atoms with Crippen molar-refractivity contribution in [2.24, 2.45) is 0 Å². The van der Waals surface area contributed by atoms with E-state index < -0.39 is 30.1 Å². The van der Waals surface area contributed by atoms with Crippen LogP contribution in [0, 0.1) is 0 Å². The molecule has 1 aromatic rings. The second-order valence-corrected chi connectivity index (χ2v) is 5.73. The number of benzene rings is 1. The molecule has 2 amide bonds. The number of alkyl carbamates (subject to hydrolysis) is 1. The summed E-state index contributed by atoms with van der Waals surface area (Å²) < 4.78 is 14.9. The van der Waals surface area contributed by atoms with E-state index in [1.807, 2.05) is 6.92 Å². The molecule has 0 aliphatic carbocycles. The molecule has 2 N–H and O–H groups in total. The highest BCUT2D eigenvalue weighted by Gasteiger charge is 2.27. The second-order valence-electron chi connectivity index (χ2n) is 5.73. The summed E-state index contributed by atoms with van der Waals surface area (Å²) >= 11 is 0. The fourth-order valence-corrected chi connectivity index (χ4v) is 2.05. The number of rotatable bonds is 8. The molecule has 0 saturated carbocycles. The number of esters is 1. The Morgan fingerprint density at radius 2 is 1.65 bits per heavy atom. The molecule has 8 heteroatoms. The van der Waals surface area contributed by atoms with Gasteiger partial charge in [-0.15, -0.1) is 0 Å². The van der Waals surface area contributed by atoms with E-state index in [0.29, 0.717) is 17.7 Å². The number of methoxy groups -OCH3 is 2. The van der Waals surface area contributed by atoms with Crippen LogP contribution < -0.4 is 15.4 Å². The van der Waals surface area contributed by atoms with E-state index in [4.69, 9.17) is 9.47 Å². The zero-order chi connectivity index (χ0) is 19.7. The molecule has 1 unspecified atom stereocenters. The minimum atomic E-state index is -1.04. The van der Waals surface area contributed by atoms with Crippen LogP contribution in [-0.4, -0.2) is 44.3 Å². The Labute approximate surface area is 153 Å². The number of carbonyl (C=O) groups is 3. The van der Waals surface area contributed by atoms with Crippen LogP contribution in [0.15, 0.2) is 24.3 Å². The fourth-order valence-electron chi connectivity index (χ4n) is 2.05. The molecule has 0 radical (unpaired) electrons. The number of carbonyl (C=O) groups excluding carboxylic acids is 3. The summed E-state index contributed by atoms with van der Waals surface area (Å²) in [6, 6.07) is 4.73. The number of ether oxygens (including phenoxy) is 3. The third kappa shape index (κ3) is 6.27. The molecule has 0 aromatic heterocycles. The summed E-state index contributed by atoms with van der Waals surface area (Å²) in [5, 5.41) is 5.05. The highest BCUT2D eigenvalue weighted by Crippen LogP contribution is 2.18. The van der Waals surface area contributed by atoms with E-state index in [1.54, 1.807) is 31.2 Å². The minimum absolute atomic E-state index is 0.288. The molecule has 3 atom stereocenters. The quantitative estimate of drug-likeness (QED) is 0.682. The lowest BCUT2D eigenvalue weighted by molar-refractivity contribution is -0.144. The van der Waals surface area contributed by atoms with E-state index in [9.17, 15) is 14.4 Å². The van der Waals surface area contributed by atoms with Crippen LogP contribution in [0.4, 0.5) is 4.79 Å². The van der Waals surface area contributed by atoms with Gasteiger partial charge in [-0.2, -0.15) is 0 Å². The summed E-state index contributed by atoms with van der Waals surface area (Å²) in [6.45, 7) is 5.12. The molecule has 1 rings (SSSR count). The van der Waals surface area contributed by atoms with Gasteiger partial charge in [-0.25, -0.2) is 9.59 Å². The Bertz CT molecular complexity index is 617. The van der Waals surface area contributed by atoms with Crippen LogP contribution in [0.2, 0.25) is 0 Å². The summed E-state index contributed by atoms with van der Waals surface area (Å²) in [7, 11) is 2.76. The first-order chi connectivity index (χ1) is 12.3. The van der Waals surface area contributed by atoms with Crippen molar-refractivity contribution in [2.45, 2.75) is 45.4 Å². The molecule has 8 nitrogen and oxygen atoms in total. The number of nitrogens with one attached hydrogen (secondary N) is 2. The Morgan fingerprint density at radius 1 is 1.04 bits per heavy atom. The summed E-state index contributed by atoms with van der Waals surface area (Å²) in [5.74, 6) is -0.541. The first-order valence-corrected chi connectivity index (χ1v) is 8.31. The monoisotopic (exact) mass is 366 g/mol. The van der Waals surface area contributed by atoms with Gasteiger partial charge in [0.15, 0.2) is 0 Å². The predicted octanol–water partition coefficient (Wildman–Crippen LogP) is 1.94. The van der Waals surface area contributed by atoms with Gasteiger partial charge in [-0.05, 0) is 38.0 Å². The maximum Gasteiger partial charge on any atom is 0.408 e. The molecule has 26 heavy (non-hydrogen) atoms. The van der Waals surface area contributed by atoms with Crippen molar-refractivity contribution < 1.29 is 28.6 Å². The lowest BCUT2D eigenvalue weighted by Gasteiger charge is -2.22. The zero-order valence-electron chi connectivity index (χ0n) is 15.7. The standard InChI is InChI=1S/C18H26N2O6/c1-6-11(2)26-18(23)20-15(13-7-9-14(24-4)10-8-13)16(21)19-12(3)17(22)25-5/h7-12,15H,6H2,1-5H3,(H,19,21)(H,20,23)/t11?,12-,15-/m0/s1. The van der Waals surface area contributed by atoms with Crippen molar-refractivity contribution in [3.63, 3.8) is 0 Å². The Morgan fingerprint density at radius 3 is 2.15 bits per heavy atom. The average molecular weight is 366 g/mol. The van der Waals surface area contributed by atoms with E-state index in [2.05, 4.69) is 15.4 Å². The highest BCUT2D eigenvalue weighted by molar-refractivity contribution is 5.90.